The first-order valence-electron chi connectivity index (χ1n) is 30.7. The summed E-state index contributed by atoms with van der Waals surface area (Å²) in [5, 5.41) is 11.3. The Bertz CT molecular complexity index is 5600. The van der Waals surface area contributed by atoms with Gasteiger partial charge in [0.05, 0.1) is 11.0 Å². The molecule has 0 spiro atoms. The third-order valence-electron chi connectivity index (χ3n) is 17.5. The van der Waals surface area contributed by atoms with Gasteiger partial charge >= 0.3 is 0 Å². The van der Waals surface area contributed by atoms with Crippen molar-refractivity contribution in [3.05, 3.63) is 340 Å². The molecule has 0 aliphatic carbocycles. The Morgan fingerprint density at radius 1 is 0.239 bits per heavy atom. The summed E-state index contributed by atoms with van der Waals surface area (Å²) in [5.74, 6) is 0. The molecule has 0 unspecified atom stereocenters. The predicted molar refractivity (Wildman–Crippen MR) is 384 cm³/mol. The van der Waals surface area contributed by atoms with Crippen LogP contribution in [0.1, 0.15) is 0 Å². The normalized spacial score (nSPS) is 11.8. The Morgan fingerprint density at radius 3 is 1.14 bits per heavy atom. The number of pyridine rings is 2. The number of hydrogen-bond acceptors (Lipinski definition) is 6. The molecule has 0 amide bonds. The highest BCUT2D eigenvalue weighted by Gasteiger charge is 2.32. The van der Waals surface area contributed by atoms with Crippen molar-refractivity contribution in [1.29, 1.82) is 0 Å². The molecule has 0 fully saturated rings. The molecule has 13 aromatic carbocycles. The lowest BCUT2D eigenvalue weighted by Crippen LogP contribution is -2.25. The van der Waals surface area contributed by atoms with Crippen molar-refractivity contribution in [2.45, 2.75) is 0 Å². The van der Waals surface area contributed by atoms with Gasteiger partial charge in [0, 0.05) is 75.3 Å². The largest absolute Gasteiger partial charge is 0.454 e. The van der Waals surface area contributed by atoms with Crippen LogP contribution >= 0.6 is 14.3 Å². The molecule has 8 heteroatoms. The number of furan rings is 2. The minimum Gasteiger partial charge on any atom is -0.454 e. The number of nitrogens with zero attached hydrogens (tertiary/aromatic N) is 2. The highest BCUT2D eigenvalue weighted by atomic mass is 31.2. The van der Waals surface area contributed by atoms with Crippen LogP contribution in [0.25, 0.3) is 122 Å². The first-order chi connectivity index (χ1) is 45.4. The molecule has 0 N–H and O–H groups in total. The Balaban J connectivity index is 0.000000148. The third-order valence-corrected chi connectivity index (χ3v) is 23.6. The van der Waals surface area contributed by atoms with Crippen molar-refractivity contribution >= 4 is 112 Å². The summed E-state index contributed by atoms with van der Waals surface area (Å²) in [5.41, 5.74) is 15.1. The maximum absolute atomic E-state index is 15.1. The van der Waals surface area contributed by atoms with E-state index in [4.69, 9.17) is 18.8 Å². The summed E-state index contributed by atoms with van der Waals surface area (Å²) in [6.45, 7) is 0. The van der Waals surface area contributed by atoms with E-state index >= 15 is 4.57 Å². The van der Waals surface area contributed by atoms with E-state index < -0.39 is 14.3 Å². The van der Waals surface area contributed by atoms with E-state index in [-0.39, 0.29) is 0 Å². The van der Waals surface area contributed by atoms with Crippen LogP contribution < -0.4 is 31.8 Å². The topological polar surface area (TPSA) is 86.2 Å². The maximum atomic E-state index is 15.1. The van der Waals surface area contributed by atoms with E-state index in [0.29, 0.717) is 0 Å². The standard InChI is InChI=1S/C45H30NO2P.C39H26NO2P/c47-49(36-19-6-2-7-20-36,37-21-8-3-9-22-37)38-23-13-18-34(29-38)32-16-12-17-33(28-32)35-26-27-41-40(30-35)43-39-24-10-11-25-42(39)48-45(43)44(46-41)31-14-4-1-5-15-31;41-43(29-15-6-2-7-16-29,30-17-8-3-9-18-30)31-25-23-27(24-26-31)32-20-12-21-34-36(32)37-33-19-10-11-22-35(33)42-39(37)38(40-34)28-13-4-1-5-14-28/h1-30H;1-26H. The average molecular weight is 1220 g/mol. The fraction of sp³-hybridized carbons (Fsp3) is 0. The second-order valence-corrected chi connectivity index (χ2v) is 28.5. The number of rotatable bonds is 11. The van der Waals surface area contributed by atoms with Gasteiger partial charge in [-0.1, -0.05) is 297 Å². The minimum atomic E-state index is -3.10. The number of para-hydroxylation sites is 2. The second-order valence-electron chi connectivity index (χ2n) is 22.9. The highest BCUT2D eigenvalue weighted by Crippen LogP contribution is 2.47. The van der Waals surface area contributed by atoms with Crippen LogP contribution in [0.2, 0.25) is 0 Å². The van der Waals surface area contributed by atoms with Crippen LogP contribution in [0.3, 0.4) is 0 Å². The van der Waals surface area contributed by atoms with Crippen molar-refractivity contribution in [3.63, 3.8) is 0 Å². The lowest BCUT2D eigenvalue weighted by Gasteiger charge is -2.20. The van der Waals surface area contributed by atoms with E-state index in [1.807, 2.05) is 212 Å². The van der Waals surface area contributed by atoms with Crippen molar-refractivity contribution in [1.82, 2.24) is 9.97 Å². The van der Waals surface area contributed by atoms with E-state index in [1.54, 1.807) is 0 Å². The lowest BCUT2D eigenvalue weighted by molar-refractivity contribution is 0.591. The Labute approximate surface area is 532 Å². The van der Waals surface area contributed by atoms with Crippen LogP contribution in [0.4, 0.5) is 0 Å². The van der Waals surface area contributed by atoms with Gasteiger partial charge < -0.3 is 18.0 Å². The van der Waals surface area contributed by atoms with Crippen molar-refractivity contribution in [2.75, 3.05) is 0 Å². The molecule has 0 atom stereocenters. The number of fused-ring (bicyclic) bond motifs is 10. The van der Waals surface area contributed by atoms with Gasteiger partial charge in [-0.05, 0) is 75.8 Å². The van der Waals surface area contributed by atoms with E-state index in [9.17, 15) is 4.57 Å². The molecule has 17 rings (SSSR count). The smallest absolute Gasteiger partial charge is 0.171 e. The fourth-order valence-electron chi connectivity index (χ4n) is 13.1. The molecule has 92 heavy (non-hydrogen) atoms. The van der Waals surface area contributed by atoms with Crippen molar-refractivity contribution in [2.24, 2.45) is 0 Å². The molecule has 4 aromatic heterocycles. The molecular formula is C84H56N2O4P2. The van der Waals surface area contributed by atoms with Crippen LogP contribution in [-0.4, -0.2) is 9.97 Å². The quantitative estimate of drug-likeness (QED) is 0.120. The van der Waals surface area contributed by atoms with Gasteiger partial charge in [-0.3, -0.25) is 0 Å². The summed E-state index contributed by atoms with van der Waals surface area (Å²) in [6.07, 6.45) is 0. The Hall–Kier alpha value is -11.3. The molecule has 0 saturated carbocycles. The molecule has 0 aliphatic heterocycles. The molecule has 0 bridgehead atoms. The van der Waals surface area contributed by atoms with Gasteiger partial charge in [0.2, 0.25) is 0 Å². The van der Waals surface area contributed by atoms with Gasteiger partial charge in [-0.15, -0.1) is 0 Å². The van der Waals surface area contributed by atoms with Crippen LogP contribution in [0.15, 0.2) is 349 Å². The van der Waals surface area contributed by atoms with Crippen LogP contribution in [0.5, 0.6) is 0 Å². The van der Waals surface area contributed by atoms with Crippen LogP contribution in [-0.2, 0) is 9.13 Å². The molecule has 0 aliphatic rings. The number of hydrogen-bond donors (Lipinski definition) is 0. The summed E-state index contributed by atoms with van der Waals surface area (Å²) in [6, 6.07) is 114. The molecule has 4 heterocycles. The van der Waals surface area contributed by atoms with Crippen LogP contribution in [0, 0.1) is 0 Å². The first-order valence-corrected chi connectivity index (χ1v) is 34.1. The van der Waals surface area contributed by atoms with Gasteiger partial charge in [0.1, 0.15) is 22.6 Å². The summed E-state index contributed by atoms with van der Waals surface area (Å²) < 4.78 is 43.0. The summed E-state index contributed by atoms with van der Waals surface area (Å²) in [4.78, 5) is 10.3. The monoisotopic (exact) mass is 1220 g/mol. The Morgan fingerprint density at radius 2 is 0.609 bits per heavy atom. The SMILES string of the molecule is O=P(c1ccccc1)(c1ccccc1)c1ccc(-c2cccc3nc(-c4ccccc4)c4oc5ccccc5c4c23)cc1.O=P(c1ccccc1)(c1ccccc1)c1cccc(-c2cccc(-c3ccc4nc(-c5ccccc5)c5oc6ccccc6c5c4c3)c2)c1. The van der Waals surface area contributed by atoms with Crippen molar-refractivity contribution < 1.29 is 18.0 Å². The average Bonchev–Trinajstić information content (AvgIpc) is 1.53. The van der Waals surface area contributed by atoms with Gasteiger partial charge in [-0.2, -0.15) is 0 Å². The molecule has 17 aromatic rings. The zero-order valence-corrected chi connectivity index (χ0v) is 51.5. The molecule has 436 valence electrons. The Kier molecular flexibility index (Phi) is 14.4. The number of aromatic nitrogens is 2. The van der Waals surface area contributed by atoms with Gasteiger partial charge in [0.15, 0.2) is 25.4 Å². The molecule has 0 radical (unpaired) electrons. The predicted octanol–water partition coefficient (Wildman–Crippen LogP) is 19.9. The van der Waals surface area contributed by atoms with Gasteiger partial charge in [0.25, 0.3) is 0 Å². The maximum Gasteiger partial charge on any atom is 0.171 e. The van der Waals surface area contributed by atoms with E-state index in [0.717, 1.165) is 153 Å². The third kappa shape index (κ3) is 9.86. The second kappa shape index (κ2) is 23.6. The lowest BCUT2D eigenvalue weighted by atomic mass is 9.95. The summed E-state index contributed by atoms with van der Waals surface area (Å²) >= 11 is 0. The zero-order valence-electron chi connectivity index (χ0n) is 49.8. The molecule has 0 saturated heterocycles. The number of benzene rings is 13. The van der Waals surface area contributed by atoms with E-state index in [1.165, 1.54) is 0 Å². The minimum absolute atomic E-state index is 0.779. The van der Waals surface area contributed by atoms with Gasteiger partial charge in [-0.25, -0.2) is 9.97 Å². The highest BCUT2D eigenvalue weighted by molar-refractivity contribution is 7.85. The molecule has 6 nitrogen and oxygen atoms in total. The zero-order chi connectivity index (χ0) is 61.6. The summed E-state index contributed by atoms with van der Waals surface area (Å²) in [7, 11) is -6.17. The van der Waals surface area contributed by atoms with Crippen molar-refractivity contribution in [3.8, 4) is 55.9 Å². The fourth-order valence-corrected chi connectivity index (χ4v) is 18.4. The first kappa shape index (κ1) is 56.0. The van der Waals surface area contributed by atoms with E-state index in [2.05, 4.69) is 127 Å². The molecular weight excluding hydrogens is 1160 g/mol.